The van der Waals surface area contributed by atoms with E-state index < -0.39 is 58.2 Å². The summed E-state index contributed by atoms with van der Waals surface area (Å²) in [7, 11) is 0. The fourth-order valence-corrected chi connectivity index (χ4v) is 6.13. The van der Waals surface area contributed by atoms with Crippen molar-refractivity contribution in [3.63, 3.8) is 0 Å². The third-order valence-corrected chi connectivity index (χ3v) is 9.92. The van der Waals surface area contributed by atoms with E-state index >= 15 is 4.39 Å². The Morgan fingerprint density at radius 1 is 0.426 bits per heavy atom. The Kier molecular flexibility index (Phi) is 20.3. The number of unbranched alkanes of at least 4 members (excludes halogenated alkanes) is 6. The number of hydrogen-bond acceptors (Lipinski definition) is 14. The molecule has 0 spiro atoms. The number of hydrogen-bond donors (Lipinski definition) is 0. The number of ether oxygens (including phenoxy) is 8. The van der Waals surface area contributed by atoms with Crippen molar-refractivity contribution in [3.8, 4) is 34.5 Å². The van der Waals surface area contributed by atoms with Gasteiger partial charge < -0.3 is 37.9 Å². The molecule has 0 heterocycles. The molecule has 354 valence electrons. The highest BCUT2D eigenvalue weighted by atomic mass is 35.5. The molecule has 0 atom stereocenters. The van der Waals surface area contributed by atoms with Gasteiger partial charge in [0.05, 0.1) is 53.7 Å². The molecule has 0 N–H and O–H groups in total. The molecular formula is C52H48ClFO14. The smallest absolute Gasteiger partial charge is 0.343 e. The van der Waals surface area contributed by atoms with Crippen LogP contribution in [-0.2, 0) is 19.1 Å². The van der Waals surface area contributed by atoms with E-state index in [1.807, 2.05) is 0 Å². The van der Waals surface area contributed by atoms with E-state index in [2.05, 4.69) is 13.2 Å². The van der Waals surface area contributed by atoms with Gasteiger partial charge in [-0.15, -0.1) is 0 Å². The third-order valence-electron chi connectivity index (χ3n) is 9.63. The van der Waals surface area contributed by atoms with Crippen LogP contribution in [0.15, 0.2) is 135 Å². The van der Waals surface area contributed by atoms with Crippen molar-refractivity contribution in [3.05, 3.63) is 168 Å². The van der Waals surface area contributed by atoms with Crippen LogP contribution in [0.3, 0.4) is 0 Å². The molecule has 0 fully saturated rings. The molecule has 0 amide bonds. The van der Waals surface area contributed by atoms with Crippen LogP contribution in [0.1, 0.15) is 92.8 Å². The SMILES string of the molecule is C=CC(=O)OCCCCCCOc1ccc(C(=O)Oc2ccc(C(=O)Oc3ccc(Cl)c(F)c3OC(=O)c3ccc(OC(=O)c4ccc(OCCCCCCOC(=O)C=C)cc4)cc3)cc2)cc1. The maximum Gasteiger partial charge on any atom is 0.343 e. The van der Waals surface area contributed by atoms with Crippen molar-refractivity contribution in [2.24, 2.45) is 0 Å². The zero-order valence-corrected chi connectivity index (χ0v) is 37.7. The highest BCUT2D eigenvalue weighted by Crippen LogP contribution is 2.36. The first-order chi connectivity index (χ1) is 32.9. The molecule has 0 saturated heterocycles. The summed E-state index contributed by atoms with van der Waals surface area (Å²) in [5.41, 5.74) is 0.447. The number of rotatable bonds is 26. The van der Waals surface area contributed by atoms with Crippen LogP contribution in [0.2, 0.25) is 5.02 Å². The Morgan fingerprint density at radius 2 is 0.765 bits per heavy atom. The monoisotopic (exact) mass is 950 g/mol. The molecule has 0 aliphatic rings. The highest BCUT2D eigenvalue weighted by molar-refractivity contribution is 6.31. The summed E-state index contributed by atoms with van der Waals surface area (Å²) in [6, 6.07) is 25.7. The average molecular weight is 951 g/mol. The van der Waals surface area contributed by atoms with Gasteiger partial charge in [0.1, 0.15) is 23.0 Å². The molecule has 0 bridgehead atoms. The fourth-order valence-electron chi connectivity index (χ4n) is 5.98. The van der Waals surface area contributed by atoms with Crippen LogP contribution in [0.5, 0.6) is 34.5 Å². The number of esters is 6. The second-order valence-corrected chi connectivity index (χ2v) is 15.0. The van der Waals surface area contributed by atoms with Crippen molar-refractivity contribution in [1.29, 1.82) is 0 Å². The molecule has 0 aromatic heterocycles. The maximum absolute atomic E-state index is 15.3. The van der Waals surface area contributed by atoms with Gasteiger partial charge in [-0.25, -0.2) is 33.2 Å². The summed E-state index contributed by atoms with van der Waals surface area (Å²) >= 11 is 5.98. The molecule has 16 heteroatoms. The topological polar surface area (TPSA) is 176 Å². The molecule has 0 aliphatic heterocycles. The zero-order chi connectivity index (χ0) is 48.7. The lowest BCUT2D eigenvalue weighted by Gasteiger charge is -2.13. The quantitative estimate of drug-likeness (QED) is 0.0221. The van der Waals surface area contributed by atoms with Crippen molar-refractivity contribution >= 4 is 47.4 Å². The van der Waals surface area contributed by atoms with E-state index in [1.54, 1.807) is 48.5 Å². The predicted molar refractivity (Wildman–Crippen MR) is 247 cm³/mol. The largest absolute Gasteiger partial charge is 0.494 e. The molecule has 14 nitrogen and oxygen atoms in total. The molecular weight excluding hydrogens is 903 g/mol. The van der Waals surface area contributed by atoms with Crippen LogP contribution < -0.4 is 28.4 Å². The van der Waals surface area contributed by atoms with E-state index in [9.17, 15) is 28.8 Å². The Balaban J connectivity index is 1.06. The normalized spacial score (nSPS) is 10.5. The summed E-state index contributed by atoms with van der Waals surface area (Å²) in [4.78, 5) is 74.0. The van der Waals surface area contributed by atoms with Crippen LogP contribution >= 0.6 is 11.6 Å². The number of carbonyl (C=O) groups excluding carboxylic acids is 6. The highest BCUT2D eigenvalue weighted by Gasteiger charge is 2.23. The van der Waals surface area contributed by atoms with Crippen LogP contribution in [-0.4, -0.2) is 62.2 Å². The van der Waals surface area contributed by atoms with E-state index in [4.69, 9.17) is 49.5 Å². The van der Waals surface area contributed by atoms with Crippen LogP contribution in [0, 0.1) is 5.82 Å². The summed E-state index contributed by atoms with van der Waals surface area (Å²) in [6.45, 7) is 8.34. The molecule has 0 unspecified atom stereocenters. The Bertz CT molecular complexity index is 2520. The van der Waals surface area contributed by atoms with Gasteiger partial charge in [0.15, 0.2) is 11.6 Å². The van der Waals surface area contributed by atoms with Crippen LogP contribution in [0.25, 0.3) is 0 Å². The number of benzene rings is 5. The first kappa shape index (κ1) is 51.2. The minimum absolute atomic E-state index is 0.00480. The van der Waals surface area contributed by atoms with Gasteiger partial charge in [0, 0.05) is 12.2 Å². The van der Waals surface area contributed by atoms with Gasteiger partial charge in [0.25, 0.3) is 0 Å². The van der Waals surface area contributed by atoms with Crippen molar-refractivity contribution in [2.45, 2.75) is 51.4 Å². The number of carbonyl (C=O) groups is 6. The molecule has 5 rings (SSSR count). The Hall–Kier alpha value is -7.78. The molecule has 0 aliphatic carbocycles. The van der Waals surface area contributed by atoms with E-state index in [0.717, 1.165) is 75.7 Å². The fraction of sp³-hybridized carbons (Fsp3) is 0.231. The lowest BCUT2D eigenvalue weighted by molar-refractivity contribution is -0.138. The maximum atomic E-state index is 15.3. The molecule has 0 radical (unpaired) electrons. The van der Waals surface area contributed by atoms with Gasteiger partial charge in [-0.2, -0.15) is 0 Å². The molecule has 0 saturated carbocycles. The zero-order valence-electron chi connectivity index (χ0n) is 36.9. The lowest BCUT2D eigenvalue weighted by Crippen LogP contribution is -2.14. The molecule has 68 heavy (non-hydrogen) atoms. The minimum atomic E-state index is -1.16. The third kappa shape index (κ3) is 16.6. The Morgan fingerprint density at radius 3 is 1.15 bits per heavy atom. The summed E-state index contributed by atoms with van der Waals surface area (Å²) in [5, 5.41) is -0.408. The first-order valence-electron chi connectivity index (χ1n) is 21.5. The molecule has 5 aromatic rings. The minimum Gasteiger partial charge on any atom is -0.494 e. The van der Waals surface area contributed by atoms with Gasteiger partial charge in [-0.05, 0) is 161 Å². The summed E-state index contributed by atoms with van der Waals surface area (Å²) in [6.07, 6.45) is 8.89. The number of halogens is 2. The van der Waals surface area contributed by atoms with E-state index in [-0.39, 0.29) is 33.8 Å². The van der Waals surface area contributed by atoms with Gasteiger partial charge >= 0.3 is 35.8 Å². The van der Waals surface area contributed by atoms with Crippen LogP contribution in [0.4, 0.5) is 4.39 Å². The van der Waals surface area contributed by atoms with Gasteiger partial charge in [0.2, 0.25) is 5.75 Å². The summed E-state index contributed by atoms with van der Waals surface area (Å²) in [5.74, 6) is -5.14. The lowest BCUT2D eigenvalue weighted by atomic mass is 10.2. The van der Waals surface area contributed by atoms with Crippen molar-refractivity contribution < 1.29 is 71.1 Å². The van der Waals surface area contributed by atoms with Gasteiger partial charge in [-0.1, -0.05) is 24.8 Å². The molecule has 5 aromatic carbocycles. The van der Waals surface area contributed by atoms with E-state index in [1.165, 1.54) is 48.5 Å². The van der Waals surface area contributed by atoms with E-state index in [0.29, 0.717) is 37.9 Å². The predicted octanol–water partition coefficient (Wildman–Crippen LogP) is 10.7. The average Bonchev–Trinajstić information content (AvgIpc) is 3.35. The first-order valence-corrected chi connectivity index (χ1v) is 21.9. The Labute approximate surface area is 397 Å². The second-order valence-electron chi connectivity index (χ2n) is 14.6. The standard InChI is InChI=1S/C52H48ClFO14/c1-3-45(55)63-33-11-7-5-9-31-61-39-21-13-35(14-22-39)49(57)65-41-25-17-37(18-26-41)51(59)67-44-30-29-43(53)47(54)48(44)68-52(60)38-19-27-42(28-20-38)66-50(58)36-15-23-40(24-16-36)62-32-10-6-8-12-34-64-46(56)4-2/h3-4,13-30H,1-2,5-12,31-34H2. The van der Waals surface area contributed by atoms with Crippen molar-refractivity contribution in [2.75, 3.05) is 26.4 Å². The van der Waals surface area contributed by atoms with Gasteiger partial charge in [-0.3, -0.25) is 0 Å². The summed E-state index contributed by atoms with van der Waals surface area (Å²) < 4.78 is 58.2. The second kappa shape index (κ2) is 27.0. The van der Waals surface area contributed by atoms with Crippen molar-refractivity contribution in [1.82, 2.24) is 0 Å².